The van der Waals surface area contributed by atoms with Gasteiger partial charge in [0.15, 0.2) is 0 Å². The number of fused-ring (bicyclic) bond motifs is 1. The number of aromatic nitrogens is 1. The summed E-state index contributed by atoms with van der Waals surface area (Å²) in [5.41, 5.74) is 9.38. The Bertz CT molecular complexity index is 753. The lowest BCUT2D eigenvalue weighted by Crippen LogP contribution is -2.27. The Morgan fingerprint density at radius 3 is 2.90 bits per heavy atom. The number of pyridine rings is 1. The van der Waals surface area contributed by atoms with Gasteiger partial charge in [-0.3, -0.25) is 4.79 Å². The van der Waals surface area contributed by atoms with Crippen molar-refractivity contribution in [1.29, 1.82) is 0 Å². The number of nitrogens with two attached hydrogens (primary N) is 1. The van der Waals surface area contributed by atoms with Crippen molar-refractivity contribution in [2.45, 2.75) is 26.4 Å². The molecule has 5 heteroatoms. The van der Waals surface area contributed by atoms with Crippen LogP contribution in [0.5, 0.6) is 5.75 Å². The van der Waals surface area contributed by atoms with Crippen molar-refractivity contribution in [1.82, 2.24) is 4.57 Å². The Labute approximate surface area is 131 Å². The highest BCUT2D eigenvalue weighted by atomic mass is 79.9. The Balaban J connectivity index is 2.08. The predicted molar refractivity (Wildman–Crippen MR) is 85.8 cm³/mol. The number of ether oxygens (including phenoxy) is 1. The molecule has 0 atom stereocenters. The van der Waals surface area contributed by atoms with Gasteiger partial charge in [-0.15, -0.1) is 0 Å². The van der Waals surface area contributed by atoms with Crippen LogP contribution in [0.25, 0.3) is 0 Å². The van der Waals surface area contributed by atoms with E-state index in [1.807, 2.05) is 19.1 Å². The first kappa shape index (κ1) is 14.4. The Kier molecular flexibility index (Phi) is 3.87. The second-order valence-corrected chi connectivity index (χ2v) is 6.16. The molecule has 1 aliphatic rings. The molecular weight excluding hydrogens is 332 g/mol. The van der Waals surface area contributed by atoms with Crippen LogP contribution >= 0.6 is 15.9 Å². The molecule has 1 aromatic carbocycles. The highest BCUT2D eigenvalue weighted by Gasteiger charge is 2.18. The molecule has 0 fully saturated rings. The van der Waals surface area contributed by atoms with E-state index in [2.05, 4.69) is 22.0 Å². The van der Waals surface area contributed by atoms with E-state index in [0.717, 1.165) is 27.9 Å². The minimum Gasteiger partial charge on any atom is -0.493 e. The summed E-state index contributed by atoms with van der Waals surface area (Å²) < 4.78 is 8.50. The smallest absolute Gasteiger partial charge is 0.255 e. The molecule has 110 valence electrons. The minimum absolute atomic E-state index is 0.0239. The lowest BCUT2D eigenvalue weighted by Gasteiger charge is -2.14. The number of hydrogen-bond donors (Lipinski definition) is 1. The lowest BCUT2D eigenvalue weighted by molar-refractivity contribution is 0.352. The number of hydrogen-bond acceptors (Lipinski definition) is 3. The summed E-state index contributed by atoms with van der Waals surface area (Å²) in [5, 5.41) is 0. The fourth-order valence-corrected chi connectivity index (χ4v) is 3.25. The molecule has 1 aromatic heterocycles. The monoisotopic (exact) mass is 348 g/mol. The Morgan fingerprint density at radius 1 is 1.33 bits per heavy atom. The van der Waals surface area contributed by atoms with E-state index in [1.165, 1.54) is 5.56 Å². The summed E-state index contributed by atoms with van der Waals surface area (Å²) in [6.07, 6.45) is 0.915. The van der Waals surface area contributed by atoms with E-state index >= 15 is 0 Å². The average Bonchev–Trinajstić information content (AvgIpc) is 2.91. The van der Waals surface area contributed by atoms with E-state index < -0.39 is 0 Å². The van der Waals surface area contributed by atoms with Crippen molar-refractivity contribution in [3.8, 4) is 5.75 Å². The normalized spacial score (nSPS) is 13.1. The van der Waals surface area contributed by atoms with Crippen LogP contribution < -0.4 is 16.0 Å². The Morgan fingerprint density at radius 2 is 2.14 bits per heavy atom. The van der Waals surface area contributed by atoms with Crippen LogP contribution in [0.4, 0.5) is 0 Å². The van der Waals surface area contributed by atoms with Crippen molar-refractivity contribution < 1.29 is 4.74 Å². The molecule has 0 amide bonds. The number of nitrogens with zero attached hydrogens (tertiary/aromatic N) is 1. The van der Waals surface area contributed by atoms with E-state index in [4.69, 9.17) is 10.5 Å². The fraction of sp³-hybridized carbons (Fsp3) is 0.312. The first-order valence-corrected chi connectivity index (χ1v) is 7.73. The second kappa shape index (κ2) is 5.66. The van der Waals surface area contributed by atoms with E-state index in [9.17, 15) is 4.79 Å². The SMILES string of the molecule is Cc1ccc(CN)c(=O)n1Cc1cc(Br)cc2c1OCC2. The highest BCUT2D eigenvalue weighted by Crippen LogP contribution is 2.33. The summed E-state index contributed by atoms with van der Waals surface area (Å²) in [4.78, 5) is 12.4. The zero-order valence-electron chi connectivity index (χ0n) is 11.9. The van der Waals surface area contributed by atoms with Gasteiger partial charge in [0.2, 0.25) is 0 Å². The third kappa shape index (κ3) is 2.63. The maximum atomic E-state index is 12.4. The molecular formula is C16H17BrN2O2. The van der Waals surface area contributed by atoms with Gasteiger partial charge in [-0.2, -0.15) is 0 Å². The maximum absolute atomic E-state index is 12.4. The van der Waals surface area contributed by atoms with Crippen molar-refractivity contribution in [3.63, 3.8) is 0 Å². The van der Waals surface area contributed by atoms with Crippen LogP contribution in [0.3, 0.4) is 0 Å². The van der Waals surface area contributed by atoms with Gasteiger partial charge in [0.25, 0.3) is 5.56 Å². The molecule has 1 aliphatic heterocycles. The van der Waals surface area contributed by atoms with Gasteiger partial charge in [0.05, 0.1) is 13.2 Å². The van der Waals surface area contributed by atoms with Crippen LogP contribution in [-0.2, 0) is 19.5 Å². The van der Waals surface area contributed by atoms with Crippen LogP contribution in [0.15, 0.2) is 33.5 Å². The summed E-state index contributed by atoms with van der Waals surface area (Å²) in [6.45, 7) is 3.39. The van der Waals surface area contributed by atoms with Crippen molar-refractivity contribution >= 4 is 15.9 Å². The van der Waals surface area contributed by atoms with Crippen molar-refractivity contribution in [2.24, 2.45) is 5.73 Å². The predicted octanol–water partition coefficient (Wildman–Crippen LogP) is 2.36. The van der Waals surface area contributed by atoms with Crippen LogP contribution in [0, 0.1) is 6.92 Å². The molecule has 0 unspecified atom stereocenters. The van der Waals surface area contributed by atoms with Crippen LogP contribution in [-0.4, -0.2) is 11.2 Å². The molecule has 21 heavy (non-hydrogen) atoms. The number of rotatable bonds is 3. The van der Waals surface area contributed by atoms with Gasteiger partial charge in [0.1, 0.15) is 5.75 Å². The quantitative estimate of drug-likeness (QED) is 0.926. The summed E-state index contributed by atoms with van der Waals surface area (Å²) in [7, 11) is 0. The van der Waals surface area contributed by atoms with Crippen LogP contribution in [0.2, 0.25) is 0 Å². The van der Waals surface area contributed by atoms with E-state index in [0.29, 0.717) is 18.7 Å². The zero-order chi connectivity index (χ0) is 15.0. The molecule has 2 N–H and O–H groups in total. The number of halogens is 1. The molecule has 0 radical (unpaired) electrons. The largest absolute Gasteiger partial charge is 0.493 e. The maximum Gasteiger partial charge on any atom is 0.255 e. The summed E-state index contributed by atoms with van der Waals surface area (Å²) in [5.74, 6) is 0.919. The van der Waals surface area contributed by atoms with E-state index in [-0.39, 0.29) is 12.1 Å². The summed E-state index contributed by atoms with van der Waals surface area (Å²) in [6, 6.07) is 7.83. The molecule has 3 rings (SSSR count). The molecule has 2 aromatic rings. The molecule has 2 heterocycles. The topological polar surface area (TPSA) is 57.2 Å². The van der Waals surface area contributed by atoms with E-state index in [1.54, 1.807) is 10.6 Å². The average molecular weight is 349 g/mol. The van der Waals surface area contributed by atoms with Crippen molar-refractivity contribution in [2.75, 3.05) is 6.61 Å². The standard InChI is InChI=1S/C16H17BrN2O2/c1-10-2-3-12(8-18)16(20)19(10)9-13-7-14(17)6-11-4-5-21-15(11)13/h2-3,6-7H,4-5,8-9,18H2,1H3. The van der Waals surface area contributed by atoms with Gasteiger partial charge in [0, 0.05) is 34.3 Å². The van der Waals surface area contributed by atoms with Crippen molar-refractivity contribution in [3.05, 3.63) is 61.5 Å². The van der Waals surface area contributed by atoms with Gasteiger partial charge >= 0.3 is 0 Å². The number of aryl methyl sites for hydroxylation is 1. The molecule has 0 aliphatic carbocycles. The van der Waals surface area contributed by atoms with Crippen LogP contribution in [0.1, 0.15) is 22.4 Å². The first-order valence-electron chi connectivity index (χ1n) is 6.93. The molecule has 0 saturated carbocycles. The lowest BCUT2D eigenvalue weighted by atomic mass is 10.1. The zero-order valence-corrected chi connectivity index (χ0v) is 13.4. The third-order valence-corrected chi connectivity index (χ3v) is 4.30. The number of benzene rings is 1. The molecule has 0 saturated heterocycles. The summed E-state index contributed by atoms with van der Waals surface area (Å²) >= 11 is 3.53. The third-order valence-electron chi connectivity index (χ3n) is 3.85. The minimum atomic E-state index is -0.0239. The second-order valence-electron chi connectivity index (χ2n) is 5.25. The first-order chi connectivity index (χ1) is 10.1. The van der Waals surface area contributed by atoms with Gasteiger partial charge in [-0.25, -0.2) is 0 Å². The van der Waals surface area contributed by atoms with Gasteiger partial charge in [-0.1, -0.05) is 22.0 Å². The molecule has 4 nitrogen and oxygen atoms in total. The van der Waals surface area contributed by atoms with Gasteiger partial charge in [-0.05, 0) is 30.7 Å². The highest BCUT2D eigenvalue weighted by molar-refractivity contribution is 9.10. The molecule has 0 spiro atoms. The fourth-order valence-electron chi connectivity index (χ4n) is 2.70. The Hall–Kier alpha value is -1.59. The molecule has 0 bridgehead atoms. The van der Waals surface area contributed by atoms with Gasteiger partial charge < -0.3 is 15.0 Å².